The van der Waals surface area contributed by atoms with Crippen molar-refractivity contribution in [1.82, 2.24) is 5.43 Å². The molecule has 0 unspecified atom stereocenters. The second-order valence-corrected chi connectivity index (χ2v) is 5.92. The third-order valence-corrected chi connectivity index (χ3v) is 3.72. The average Bonchev–Trinajstić information content (AvgIpc) is 2.60. The molecule has 7 heteroatoms. The number of carbonyl (C=O) groups is 2. The highest BCUT2D eigenvalue weighted by Crippen LogP contribution is 2.21. The number of carbonyl (C=O) groups excluding carboxylic acids is 2. The van der Waals surface area contributed by atoms with Crippen LogP contribution in [0.5, 0.6) is 5.75 Å². The number of halogens is 1. The summed E-state index contributed by atoms with van der Waals surface area (Å²) in [4.78, 5) is 23.5. The van der Waals surface area contributed by atoms with Gasteiger partial charge in [-0.15, -0.1) is 6.58 Å². The van der Waals surface area contributed by atoms with Crippen LogP contribution in [0.4, 0.5) is 5.69 Å². The molecule has 2 aromatic carbocycles. The summed E-state index contributed by atoms with van der Waals surface area (Å²) in [6.45, 7) is 3.62. The zero-order valence-corrected chi connectivity index (χ0v) is 14.8. The van der Waals surface area contributed by atoms with E-state index in [2.05, 4.69) is 38.4 Å². The monoisotopic (exact) mass is 401 g/mol. The number of hydrogen-bond donors (Lipinski definition) is 3. The molecule has 128 valence electrons. The fraction of sp³-hybridized carbons (Fsp3) is 0.0556. The van der Waals surface area contributed by atoms with Crippen LogP contribution in [0.1, 0.15) is 11.1 Å². The highest BCUT2D eigenvalue weighted by molar-refractivity contribution is 9.10. The van der Waals surface area contributed by atoms with Crippen LogP contribution in [-0.4, -0.2) is 23.1 Å². The van der Waals surface area contributed by atoms with E-state index in [1.807, 2.05) is 0 Å². The molecular formula is C18H16BrN3O3. The van der Waals surface area contributed by atoms with E-state index < -0.39 is 11.8 Å². The number of nitrogens with zero attached hydrogens (tertiary/aromatic N) is 1. The Hall–Kier alpha value is -2.93. The summed E-state index contributed by atoms with van der Waals surface area (Å²) in [5.41, 5.74) is 3.72. The minimum absolute atomic E-state index is 0.0553. The number of phenols is 1. The first-order chi connectivity index (χ1) is 12.0. The number of amides is 2. The summed E-state index contributed by atoms with van der Waals surface area (Å²) < 4.78 is 0.859. The Balaban J connectivity index is 1.96. The van der Waals surface area contributed by atoms with Crippen LogP contribution in [0.3, 0.4) is 0 Å². The van der Waals surface area contributed by atoms with Gasteiger partial charge in [0.1, 0.15) is 5.75 Å². The zero-order valence-electron chi connectivity index (χ0n) is 13.2. The molecule has 0 fully saturated rings. The minimum atomic E-state index is -0.916. The fourth-order valence-corrected chi connectivity index (χ4v) is 2.23. The molecule has 0 saturated carbocycles. The number of anilines is 1. The largest absolute Gasteiger partial charge is 0.507 e. The van der Waals surface area contributed by atoms with Crippen LogP contribution < -0.4 is 10.7 Å². The molecule has 2 rings (SSSR count). The van der Waals surface area contributed by atoms with Crippen molar-refractivity contribution in [3.05, 3.63) is 70.7 Å². The van der Waals surface area contributed by atoms with Crippen molar-refractivity contribution < 1.29 is 14.7 Å². The quantitative estimate of drug-likeness (QED) is 0.311. The van der Waals surface area contributed by atoms with Crippen molar-refractivity contribution in [3.8, 4) is 5.75 Å². The normalized spacial score (nSPS) is 10.4. The topological polar surface area (TPSA) is 90.8 Å². The third-order valence-electron chi connectivity index (χ3n) is 3.19. The zero-order chi connectivity index (χ0) is 18.2. The van der Waals surface area contributed by atoms with Gasteiger partial charge in [0.2, 0.25) is 0 Å². The Morgan fingerprint density at radius 3 is 2.56 bits per heavy atom. The summed E-state index contributed by atoms with van der Waals surface area (Å²) in [7, 11) is 0. The van der Waals surface area contributed by atoms with E-state index in [-0.39, 0.29) is 5.75 Å². The van der Waals surface area contributed by atoms with Gasteiger partial charge in [0.25, 0.3) is 0 Å². The summed E-state index contributed by atoms with van der Waals surface area (Å²) in [6.07, 6.45) is 3.45. The molecule has 0 aliphatic heterocycles. The maximum absolute atomic E-state index is 11.8. The highest BCUT2D eigenvalue weighted by Gasteiger charge is 2.12. The lowest BCUT2D eigenvalue weighted by molar-refractivity contribution is -0.136. The van der Waals surface area contributed by atoms with Crippen molar-refractivity contribution in [2.75, 3.05) is 5.32 Å². The van der Waals surface area contributed by atoms with Crippen molar-refractivity contribution in [2.45, 2.75) is 6.42 Å². The van der Waals surface area contributed by atoms with Crippen LogP contribution in [0.15, 0.2) is 64.7 Å². The van der Waals surface area contributed by atoms with E-state index in [0.717, 1.165) is 4.47 Å². The Kier molecular flexibility index (Phi) is 6.47. The number of allylic oxidation sites excluding steroid dienone is 1. The van der Waals surface area contributed by atoms with Crippen LogP contribution in [-0.2, 0) is 16.0 Å². The molecule has 3 N–H and O–H groups in total. The number of hydrogen-bond acceptors (Lipinski definition) is 4. The summed E-state index contributed by atoms with van der Waals surface area (Å²) in [5, 5.41) is 16.2. The lowest BCUT2D eigenvalue weighted by Crippen LogP contribution is -2.32. The molecule has 0 spiro atoms. The smallest absolute Gasteiger partial charge is 0.329 e. The van der Waals surface area contributed by atoms with Crippen molar-refractivity contribution in [3.63, 3.8) is 0 Å². The molecule has 2 aromatic rings. The Labute approximate surface area is 153 Å². The number of aromatic hydroxyl groups is 1. The first-order valence-electron chi connectivity index (χ1n) is 7.33. The lowest BCUT2D eigenvalue weighted by atomic mass is 10.1. The summed E-state index contributed by atoms with van der Waals surface area (Å²) in [6, 6.07) is 11.9. The van der Waals surface area contributed by atoms with Gasteiger partial charge in [0.05, 0.1) is 6.21 Å². The molecule has 0 aliphatic rings. The van der Waals surface area contributed by atoms with E-state index >= 15 is 0 Å². The van der Waals surface area contributed by atoms with Crippen LogP contribution in [0.25, 0.3) is 0 Å². The third kappa shape index (κ3) is 5.29. The Bertz CT molecular complexity index is 817. The highest BCUT2D eigenvalue weighted by atomic mass is 79.9. The van der Waals surface area contributed by atoms with Crippen LogP contribution in [0, 0.1) is 0 Å². The predicted molar refractivity (Wildman–Crippen MR) is 101 cm³/mol. The summed E-state index contributed by atoms with van der Waals surface area (Å²) in [5.74, 6) is -1.70. The maximum Gasteiger partial charge on any atom is 0.329 e. The standard InChI is InChI=1S/C18H16BrN3O3/c1-2-4-12-5-3-6-13(16(12)23)11-20-22-18(25)17(24)21-15-9-7-14(19)8-10-15/h2-3,5-11,23H,1,4H2,(H,21,24)(H,22,25). The van der Waals surface area contributed by atoms with E-state index in [9.17, 15) is 14.7 Å². The van der Waals surface area contributed by atoms with Gasteiger partial charge < -0.3 is 10.4 Å². The van der Waals surface area contributed by atoms with Gasteiger partial charge in [0.15, 0.2) is 0 Å². The van der Waals surface area contributed by atoms with E-state index in [4.69, 9.17) is 0 Å². The van der Waals surface area contributed by atoms with Gasteiger partial charge in [-0.05, 0) is 42.3 Å². The number of phenolic OH excluding ortho intramolecular Hbond substituents is 1. The summed E-state index contributed by atoms with van der Waals surface area (Å²) >= 11 is 3.28. The van der Waals surface area contributed by atoms with E-state index in [1.165, 1.54) is 6.21 Å². The number of hydrazone groups is 1. The molecule has 0 heterocycles. The first kappa shape index (κ1) is 18.4. The lowest BCUT2D eigenvalue weighted by Gasteiger charge is -2.05. The molecule has 2 amide bonds. The van der Waals surface area contributed by atoms with Gasteiger partial charge in [-0.3, -0.25) is 9.59 Å². The number of benzene rings is 2. The maximum atomic E-state index is 11.8. The second-order valence-electron chi connectivity index (χ2n) is 5.01. The van der Waals surface area contributed by atoms with Crippen molar-refractivity contribution >= 4 is 39.6 Å². The van der Waals surface area contributed by atoms with E-state index in [0.29, 0.717) is 23.2 Å². The minimum Gasteiger partial charge on any atom is -0.507 e. The Morgan fingerprint density at radius 2 is 1.88 bits per heavy atom. The van der Waals surface area contributed by atoms with Crippen molar-refractivity contribution in [1.29, 1.82) is 0 Å². The second kappa shape index (κ2) is 8.79. The van der Waals surface area contributed by atoms with Crippen LogP contribution >= 0.6 is 15.9 Å². The fourth-order valence-electron chi connectivity index (χ4n) is 1.97. The molecule has 6 nitrogen and oxygen atoms in total. The molecule has 25 heavy (non-hydrogen) atoms. The molecule has 0 aliphatic carbocycles. The SMILES string of the molecule is C=CCc1cccc(C=NNC(=O)C(=O)Nc2ccc(Br)cc2)c1O. The molecule has 0 radical (unpaired) electrons. The molecule has 0 bridgehead atoms. The van der Waals surface area contributed by atoms with Gasteiger partial charge in [-0.1, -0.05) is 34.1 Å². The van der Waals surface area contributed by atoms with Gasteiger partial charge in [-0.25, -0.2) is 5.43 Å². The molecule has 0 saturated heterocycles. The van der Waals surface area contributed by atoms with Gasteiger partial charge >= 0.3 is 11.8 Å². The first-order valence-corrected chi connectivity index (χ1v) is 8.12. The molecule has 0 aromatic heterocycles. The predicted octanol–water partition coefficient (Wildman–Crippen LogP) is 2.97. The molecular weight excluding hydrogens is 386 g/mol. The van der Waals surface area contributed by atoms with E-state index in [1.54, 1.807) is 48.5 Å². The number of nitrogens with one attached hydrogen (secondary N) is 2. The number of para-hydroxylation sites is 1. The average molecular weight is 402 g/mol. The van der Waals surface area contributed by atoms with Gasteiger partial charge in [0, 0.05) is 15.7 Å². The number of rotatable bonds is 5. The molecule has 0 atom stereocenters. The van der Waals surface area contributed by atoms with Crippen LogP contribution in [0.2, 0.25) is 0 Å². The Morgan fingerprint density at radius 1 is 1.16 bits per heavy atom. The van der Waals surface area contributed by atoms with Crippen molar-refractivity contribution in [2.24, 2.45) is 5.10 Å². The van der Waals surface area contributed by atoms with Gasteiger partial charge in [-0.2, -0.15) is 5.10 Å².